The fourth-order valence-corrected chi connectivity index (χ4v) is 1.79. The molecule has 0 spiro atoms. The Hall–Kier alpha value is -0.720. The van der Waals surface area contributed by atoms with E-state index in [1.54, 1.807) is 0 Å². The molecule has 1 nitrogen and oxygen atoms in total. The second-order valence-electron chi connectivity index (χ2n) is 4.07. The van der Waals surface area contributed by atoms with Gasteiger partial charge in [0.25, 0.3) is 0 Å². The summed E-state index contributed by atoms with van der Waals surface area (Å²) in [5.74, 6) is 0. The maximum Gasteiger partial charge on any atom is 0.0149 e. The lowest BCUT2D eigenvalue weighted by molar-refractivity contribution is 0.661. The van der Waals surface area contributed by atoms with Crippen molar-refractivity contribution in [1.82, 2.24) is 4.98 Å². The van der Waals surface area contributed by atoms with Crippen LogP contribution in [0.15, 0.2) is 12.1 Å². The van der Waals surface area contributed by atoms with Crippen LogP contribution in [0.25, 0.3) is 0 Å². The van der Waals surface area contributed by atoms with Gasteiger partial charge in [0.15, 0.2) is 0 Å². The van der Waals surface area contributed by atoms with E-state index in [0.29, 0.717) is 0 Å². The standard InChI is InChI=1S/C13H23N/c1-3-5-6-7-9-13-11-10-12(14-13)8-4-2/h10-11,14H,3-9H2,1-2H3. The van der Waals surface area contributed by atoms with Crippen molar-refractivity contribution in [3.8, 4) is 0 Å². The molecule has 1 N–H and O–H groups in total. The average molecular weight is 193 g/mol. The number of unbranched alkanes of at least 4 members (excludes halogenated alkanes) is 3. The van der Waals surface area contributed by atoms with Crippen molar-refractivity contribution in [2.24, 2.45) is 0 Å². The summed E-state index contributed by atoms with van der Waals surface area (Å²) >= 11 is 0. The van der Waals surface area contributed by atoms with Crippen LogP contribution in [0, 0.1) is 0 Å². The van der Waals surface area contributed by atoms with Crippen molar-refractivity contribution < 1.29 is 0 Å². The minimum atomic E-state index is 1.19. The lowest BCUT2D eigenvalue weighted by atomic mass is 10.1. The Morgan fingerprint density at radius 2 is 1.57 bits per heavy atom. The van der Waals surface area contributed by atoms with Crippen LogP contribution < -0.4 is 0 Å². The molecule has 80 valence electrons. The summed E-state index contributed by atoms with van der Waals surface area (Å²) in [4.78, 5) is 3.49. The van der Waals surface area contributed by atoms with E-state index in [2.05, 4.69) is 31.0 Å². The Morgan fingerprint density at radius 3 is 2.21 bits per heavy atom. The molecule has 0 aliphatic rings. The first-order valence-electron chi connectivity index (χ1n) is 6.03. The normalized spacial score (nSPS) is 10.7. The highest BCUT2D eigenvalue weighted by Crippen LogP contribution is 2.09. The predicted octanol–water partition coefficient (Wildman–Crippen LogP) is 4.09. The summed E-state index contributed by atoms with van der Waals surface area (Å²) in [6, 6.07) is 4.48. The Kier molecular flexibility index (Phi) is 5.43. The summed E-state index contributed by atoms with van der Waals surface area (Å²) in [7, 11) is 0. The first-order chi connectivity index (χ1) is 6.86. The highest BCUT2D eigenvalue weighted by molar-refractivity contribution is 5.13. The molecule has 1 aromatic rings. The van der Waals surface area contributed by atoms with Crippen LogP contribution in [-0.4, -0.2) is 4.98 Å². The molecular formula is C13H23N. The van der Waals surface area contributed by atoms with E-state index in [1.807, 2.05) is 0 Å². The number of nitrogens with one attached hydrogen (secondary N) is 1. The molecule has 1 heterocycles. The summed E-state index contributed by atoms with van der Waals surface area (Å²) in [6.45, 7) is 4.48. The van der Waals surface area contributed by atoms with Gasteiger partial charge >= 0.3 is 0 Å². The molecule has 1 heteroatoms. The van der Waals surface area contributed by atoms with Crippen molar-refractivity contribution in [3.63, 3.8) is 0 Å². The van der Waals surface area contributed by atoms with Gasteiger partial charge in [0.2, 0.25) is 0 Å². The summed E-state index contributed by atoms with van der Waals surface area (Å²) in [6.07, 6.45) is 9.06. The molecular weight excluding hydrogens is 170 g/mol. The first-order valence-corrected chi connectivity index (χ1v) is 6.03. The lowest BCUT2D eigenvalue weighted by Crippen LogP contribution is -1.88. The molecule has 0 amide bonds. The zero-order chi connectivity index (χ0) is 10.2. The van der Waals surface area contributed by atoms with Gasteiger partial charge in [-0.15, -0.1) is 0 Å². The van der Waals surface area contributed by atoms with Crippen molar-refractivity contribution in [2.75, 3.05) is 0 Å². The molecule has 0 saturated heterocycles. The van der Waals surface area contributed by atoms with Crippen LogP contribution in [0.1, 0.15) is 57.3 Å². The highest BCUT2D eigenvalue weighted by Gasteiger charge is 1.97. The van der Waals surface area contributed by atoms with Crippen molar-refractivity contribution in [3.05, 3.63) is 23.5 Å². The fraction of sp³-hybridized carbons (Fsp3) is 0.692. The van der Waals surface area contributed by atoms with Crippen LogP contribution in [0.2, 0.25) is 0 Å². The van der Waals surface area contributed by atoms with Crippen molar-refractivity contribution >= 4 is 0 Å². The van der Waals surface area contributed by atoms with Gasteiger partial charge < -0.3 is 4.98 Å². The van der Waals surface area contributed by atoms with Gasteiger partial charge in [-0.2, -0.15) is 0 Å². The predicted molar refractivity (Wildman–Crippen MR) is 62.6 cm³/mol. The lowest BCUT2D eigenvalue weighted by Gasteiger charge is -1.98. The smallest absolute Gasteiger partial charge is 0.0149 e. The molecule has 0 aromatic carbocycles. The molecule has 0 unspecified atom stereocenters. The van der Waals surface area contributed by atoms with Crippen LogP contribution in [0.4, 0.5) is 0 Å². The second-order valence-corrected chi connectivity index (χ2v) is 4.07. The van der Waals surface area contributed by atoms with E-state index >= 15 is 0 Å². The van der Waals surface area contributed by atoms with Gasteiger partial charge in [-0.05, 0) is 31.4 Å². The molecule has 0 aliphatic heterocycles. The minimum absolute atomic E-state index is 1.19. The Bertz CT molecular complexity index is 237. The molecule has 1 rings (SSSR count). The number of aryl methyl sites for hydroxylation is 2. The van der Waals surface area contributed by atoms with Crippen LogP contribution >= 0.6 is 0 Å². The van der Waals surface area contributed by atoms with Gasteiger partial charge in [-0.3, -0.25) is 0 Å². The number of rotatable bonds is 7. The largest absolute Gasteiger partial charge is 0.362 e. The fourth-order valence-electron chi connectivity index (χ4n) is 1.79. The maximum atomic E-state index is 3.49. The van der Waals surface area contributed by atoms with Gasteiger partial charge in [0.05, 0.1) is 0 Å². The molecule has 0 aliphatic carbocycles. The van der Waals surface area contributed by atoms with E-state index in [4.69, 9.17) is 0 Å². The van der Waals surface area contributed by atoms with Crippen LogP contribution in [0.5, 0.6) is 0 Å². The molecule has 0 saturated carbocycles. The van der Waals surface area contributed by atoms with Crippen molar-refractivity contribution in [1.29, 1.82) is 0 Å². The van der Waals surface area contributed by atoms with Crippen LogP contribution in [0.3, 0.4) is 0 Å². The number of aromatic nitrogens is 1. The van der Waals surface area contributed by atoms with Gasteiger partial charge in [-0.1, -0.05) is 39.5 Å². The third kappa shape index (κ3) is 3.99. The highest BCUT2D eigenvalue weighted by atomic mass is 14.7. The van der Waals surface area contributed by atoms with Crippen LogP contribution in [-0.2, 0) is 12.8 Å². The molecule has 0 radical (unpaired) electrons. The van der Waals surface area contributed by atoms with Crippen molar-refractivity contribution in [2.45, 2.75) is 58.8 Å². The third-order valence-corrected chi connectivity index (χ3v) is 2.63. The Morgan fingerprint density at radius 1 is 0.857 bits per heavy atom. The number of aromatic amines is 1. The Balaban J connectivity index is 2.22. The van der Waals surface area contributed by atoms with Gasteiger partial charge in [0, 0.05) is 11.4 Å². The molecule has 0 fully saturated rings. The van der Waals surface area contributed by atoms with E-state index in [-0.39, 0.29) is 0 Å². The molecule has 0 atom stereocenters. The maximum absolute atomic E-state index is 3.49. The summed E-state index contributed by atoms with van der Waals surface area (Å²) in [5.41, 5.74) is 2.82. The zero-order valence-electron chi connectivity index (χ0n) is 9.60. The van der Waals surface area contributed by atoms with E-state index < -0.39 is 0 Å². The molecule has 14 heavy (non-hydrogen) atoms. The summed E-state index contributed by atoms with van der Waals surface area (Å²) < 4.78 is 0. The zero-order valence-corrected chi connectivity index (χ0v) is 9.60. The van der Waals surface area contributed by atoms with E-state index in [0.717, 1.165) is 0 Å². The average Bonchev–Trinajstić information content (AvgIpc) is 2.61. The van der Waals surface area contributed by atoms with Gasteiger partial charge in [-0.25, -0.2) is 0 Å². The van der Waals surface area contributed by atoms with E-state index in [9.17, 15) is 0 Å². The minimum Gasteiger partial charge on any atom is -0.362 e. The second kappa shape index (κ2) is 6.69. The monoisotopic (exact) mass is 193 g/mol. The van der Waals surface area contributed by atoms with Gasteiger partial charge in [0.1, 0.15) is 0 Å². The number of hydrogen-bond donors (Lipinski definition) is 1. The summed E-state index contributed by atoms with van der Waals surface area (Å²) in [5, 5.41) is 0. The third-order valence-electron chi connectivity index (χ3n) is 2.63. The molecule has 0 bridgehead atoms. The topological polar surface area (TPSA) is 15.8 Å². The number of H-pyrrole nitrogens is 1. The Labute approximate surface area is 87.9 Å². The quantitative estimate of drug-likeness (QED) is 0.628. The number of hydrogen-bond acceptors (Lipinski definition) is 0. The van der Waals surface area contributed by atoms with E-state index in [1.165, 1.54) is 56.3 Å². The first kappa shape index (κ1) is 11.4. The molecule has 1 aromatic heterocycles. The SMILES string of the molecule is CCCCCCc1ccc(CCC)[nH]1.